The van der Waals surface area contributed by atoms with Gasteiger partial charge in [-0.25, -0.2) is 13.9 Å². The van der Waals surface area contributed by atoms with Gasteiger partial charge in [0.2, 0.25) is 0 Å². The van der Waals surface area contributed by atoms with Crippen molar-refractivity contribution in [2.24, 2.45) is 0 Å². The lowest BCUT2D eigenvalue weighted by atomic mass is 9.98. The zero-order chi connectivity index (χ0) is 24.6. The Balaban J connectivity index is 1.83. The van der Waals surface area contributed by atoms with Crippen LogP contribution in [0, 0.1) is 5.82 Å². The lowest BCUT2D eigenvalue weighted by Gasteiger charge is -2.27. The minimum Gasteiger partial charge on any atom is -0.382 e. The molecule has 5 heterocycles. The van der Waals surface area contributed by atoms with Gasteiger partial charge >= 0.3 is 0 Å². The van der Waals surface area contributed by atoms with Crippen molar-refractivity contribution in [3.8, 4) is 0 Å². The second-order valence-electron chi connectivity index (χ2n) is 6.90. The van der Waals surface area contributed by atoms with E-state index in [2.05, 4.69) is 27.0 Å². The summed E-state index contributed by atoms with van der Waals surface area (Å²) >= 11 is 0. The largest absolute Gasteiger partial charge is 0.382 e. The number of anilines is 1. The van der Waals surface area contributed by atoms with E-state index in [0.29, 0.717) is 16.9 Å². The van der Waals surface area contributed by atoms with Crippen molar-refractivity contribution in [1.29, 1.82) is 0 Å². The molecule has 1 N–H and O–H groups in total. The zero-order valence-electron chi connectivity index (χ0n) is 21.3. The van der Waals surface area contributed by atoms with Crippen molar-refractivity contribution >= 4 is 17.2 Å². The van der Waals surface area contributed by atoms with Gasteiger partial charge in [0, 0.05) is 38.4 Å². The van der Waals surface area contributed by atoms with Crippen LogP contribution in [0.3, 0.4) is 0 Å². The van der Waals surface area contributed by atoms with E-state index in [1.54, 1.807) is 12.3 Å². The lowest BCUT2D eigenvalue weighted by molar-refractivity contribution is 0.575. The fraction of sp³-hybridized carbons (Fsp3) is 0.381. The van der Waals surface area contributed by atoms with Crippen molar-refractivity contribution in [2.75, 3.05) is 11.4 Å². The highest BCUT2D eigenvalue weighted by molar-refractivity contribution is 5.74. The highest BCUT2D eigenvalue weighted by Crippen LogP contribution is 2.37. The molecule has 2 bridgehead atoms. The minimum atomic E-state index is -2.65. The summed E-state index contributed by atoms with van der Waals surface area (Å²) in [7, 11) is 0. The maximum atomic E-state index is 14.4. The first kappa shape index (κ1) is 11.8. The maximum absolute atomic E-state index is 14.4. The number of fused-ring (bicyclic) bond motifs is 5. The number of nitrogens with one attached hydrogen (secondary N) is 1. The summed E-state index contributed by atoms with van der Waals surface area (Å²) < 4.78 is 68.2. The molecule has 0 spiro atoms. The third-order valence-corrected chi connectivity index (χ3v) is 4.98. The number of pyridine rings is 1. The summed E-state index contributed by atoms with van der Waals surface area (Å²) in [4.78, 5) is 10.1. The van der Waals surface area contributed by atoms with Gasteiger partial charge in [-0.1, -0.05) is 6.58 Å². The van der Waals surface area contributed by atoms with Crippen LogP contribution < -0.4 is 10.2 Å². The first-order valence-corrected chi connectivity index (χ1v) is 9.10. The molecule has 28 heavy (non-hydrogen) atoms. The van der Waals surface area contributed by atoms with E-state index in [0.717, 1.165) is 12.3 Å². The van der Waals surface area contributed by atoms with E-state index >= 15 is 0 Å². The smallest absolute Gasteiger partial charge is 0.166 e. The van der Waals surface area contributed by atoms with Crippen molar-refractivity contribution in [3.05, 3.63) is 59.9 Å². The van der Waals surface area contributed by atoms with E-state index in [-0.39, 0.29) is 29.9 Å². The van der Waals surface area contributed by atoms with Crippen molar-refractivity contribution in [3.63, 3.8) is 0 Å². The molecule has 1 unspecified atom stereocenters. The average molecular weight is 384 g/mol. The Morgan fingerprint density at radius 2 is 2.29 bits per heavy atom. The minimum absolute atomic E-state index is 0.0904. The molecule has 1 saturated heterocycles. The van der Waals surface area contributed by atoms with Crippen LogP contribution in [0.25, 0.3) is 11.3 Å². The molecule has 0 amide bonds. The SMILES string of the molecule is [2H]C1([2H])CCC2c3cc(F)cnc3C([2H])([2H])C([2H])([2H])[C@@H](C)NC(=C)c3cnn4ccc(nc34)N21. The van der Waals surface area contributed by atoms with Crippen LogP contribution in [0.5, 0.6) is 0 Å². The first-order chi connectivity index (χ1) is 15.8. The molecular weight excluding hydrogens is 355 g/mol. The van der Waals surface area contributed by atoms with Gasteiger partial charge in [-0.15, -0.1) is 0 Å². The van der Waals surface area contributed by atoms with Gasteiger partial charge in [0.15, 0.2) is 5.65 Å². The highest BCUT2D eigenvalue weighted by Gasteiger charge is 2.30. The van der Waals surface area contributed by atoms with Gasteiger partial charge in [-0.3, -0.25) is 4.98 Å². The highest BCUT2D eigenvalue weighted by atomic mass is 19.1. The normalized spacial score (nSPS) is 30.8. The number of hydrogen-bond acceptors (Lipinski definition) is 5. The molecule has 2 aliphatic heterocycles. The van der Waals surface area contributed by atoms with Crippen molar-refractivity contribution in [1.82, 2.24) is 24.9 Å². The summed E-state index contributed by atoms with van der Waals surface area (Å²) in [5.74, 6) is -0.450. The predicted octanol–water partition coefficient (Wildman–Crippen LogP) is 3.50. The van der Waals surface area contributed by atoms with Gasteiger partial charge in [0.1, 0.15) is 11.6 Å². The lowest BCUT2D eigenvalue weighted by Crippen LogP contribution is -2.26. The Morgan fingerprint density at radius 3 is 3.18 bits per heavy atom. The van der Waals surface area contributed by atoms with Gasteiger partial charge in [0.25, 0.3) is 0 Å². The fourth-order valence-corrected chi connectivity index (χ4v) is 3.67. The van der Waals surface area contributed by atoms with Crippen LogP contribution in [0.1, 0.15) is 57.2 Å². The molecule has 5 rings (SSSR count). The van der Waals surface area contributed by atoms with Gasteiger partial charge < -0.3 is 10.2 Å². The molecule has 2 atom stereocenters. The molecule has 0 aliphatic carbocycles. The first-order valence-electron chi connectivity index (χ1n) is 12.1. The van der Waals surface area contributed by atoms with Crippen LogP contribution in [0.15, 0.2) is 37.3 Å². The molecule has 7 heteroatoms. The molecular formula is C21H23FN6. The Morgan fingerprint density at radius 1 is 1.39 bits per heavy atom. The Hall–Kier alpha value is -2.96. The summed E-state index contributed by atoms with van der Waals surface area (Å²) in [5.41, 5.74) is 0.968. The van der Waals surface area contributed by atoms with E-state index in [1.807, 2.05) is 0 Å². The number of aromatic nitrogens is 4. The Kier molecular flexibility index (Phi) is 2.77. The van der Waals surface area contributed by atoms with Crippen LogP contribution >= 0.6 is 0 Å². The Labute approximate surface area is 171 Å². The number of rotatable bonds is 0. The third kappa shape index (κ3) is 2.82. The van der Waals surface area contributed by atoms with Gasteiger partial charge in [-0.05, 0) is 50.2 Å². The van der Waals surface area contributed by atoms with Crippen LogP contribution in [-0.4, -0.2) is 32.1 Å². The van der Waals surface area contributed by atoms with E-state index in [4.69, 9.17) is 8.22 Å². The summed E-state index contributed by atoms with van der Waals surface area (Å²) in [6, 6.07) is 0.834. The number of aryl methyl sites for hydroxylation is 1. The van der Waals surface area contributed by atoms with E-state index in [1.165, 1.54) is 22.5 Å². The summed E-state index contributed by atoms with van der Waals surface area (Å²) in [6.45, 7) is 3.61. The second-order valence-corrected chi connectivity index (χ2v) is 6.90. The van der Waals surface area contributed by atoms with E-state index < -0.39 is 37.1 Å². The summed E-state index contributed by atoms with van der Waals surface area (Å²) in [5, 5.41) is 7.19. The zero-order valence-corrected chi connectivity index (χ0v) is 15.3. The van der Waals surface area contributed by atoms with Crippen LogP contribution in [-0.2, 0) is 6.37 Å². The fourth-order valence-electron chi connectivity index (χ4n) is 3.67. The summed E-state index contributed by atoms with van der Waals surface area (Å²) in [6.07, 6.45) is -0.830. The van der Waals surface area contributed by atoms with Crippen LogP contribution in [0.4, 0.5) is 10.2 Å². The monoisotopic (exact) mass is 384 g/mol. The quantitative estimate of drug-likeness (QED) is 0.643. The third-order valence-electron chi connectivity index (χ3n) is 4.98. The number of halogens is 1. The van der Waals surface area contributed by atoms with Crippen molar-refractivity contribution in [2.45, 2.75) is 44.6 Å². The molecule has 144 valence electrons. The maximum Gasteiger partial charge on any atom is 0.166 e. The standard InChI is InChI=1S/C21H23FN6/c1-13-5-6-18-16(10-15(22)11-23-18)19-4-3-8-27(19)20-7-9-28-21(26-20)17(12-24-28)14(2)25-13/h7,9-13,19,25H,2-6,8H2,1H3/t13-,19?/m1/s1/i5D2,6D2,8D2. The molecule has 0 aromatic carbocycles. The Bertz CT molecular complexity index is 1310. The molecule has 1 fully saturated rings. The molecule has 0 radical (unpaired) electrons. The molecule has 3 aromatic rings. The van der Waals surface area contributed by atoms with Crippen molar-refractivity contribution < 1.29 is 12.6 Å². The van der Waals surface area contributed by atoms with E-state index in [9.17, 15) is 4.39 Å². The predicted molar refractivity (Wildman–Crippen MR) is 106 cm³/mol. The number of hydrogen-bond donors (Lipinski definition) is 1. The van der Waals surface area contributed by atoms with Crippen LogP contribution in [0.2, 0.25) is 0 Å². The average Bonchev–Trinajstić information content (AvgIpc) is 3.32. The molecule has 0 saturated carbocycles. The second kappa shape index (κ2) is 6.58. The van der Waals surface area contributed by atoms with Gasteiger partial charge in [-0.2, -0.15) is 5.10 Å². The molecule has 6 nitrogen and oxygen atoms in total. The number of nitrogens with zero attached hydrogens (tertiary/aromatic N) is 5. The van der Waals surface area contributed by atoms with Gasteiger partial charge in [0.05, 0.1) is 24.0 Å². The molecule has 2 aliphatic rings. The topological polar surface area (TPSA) is 58.4 Å². The molecule has 3 aromatic heterocycles.